The summed E-state index contributed by atoms with van der Waals surface area (Å²) in [5.74, 6) is -0.508. The van der Waals surface area contributed by atoms with Crippen LogP contribution in [-0.4, -0.2) is 39.5 Å². The number of anilines is 1. The molecule has 9 heteroatoms. The standard InChI is InChI=1S/C16H16Cl2N4O2S/c1-2-13-20-21-16(25-13)19-14(23)12-4-3-5-22(12)15(24)9-6-10(17)8-11(18)7-9/h6-8,12H,2-5H2,1H3,(H,19,21,23)/t12-/m0/s1. The van der Waals surface area contributed by atoms with Crippen LogP contribution in [0.25, 0.3) is 0 Å². The molecule has 1 aromatic heterocycles. The number of carbonyl (C=O) groups is 2. The molecule has 2 aromatic rings. The van der Waals surface area contributed by atoms with Crippen LogP contribution >= 0.6 is 34.5 Å². The van der Waals surface area contributed by atoms with Crippen LogP contribution < -0.4 is 5.32 Å². The van der Waals surface area contributed by atoms with Gasteiger partial charge in [-0.25, -0.2) is 0 Å². The van der Waals surface area contributed by atoms with Crippen LogP contribution in [0.15, 0.2) is 18.2 Å². The second-order valence-electron chi connectivity index (χ2n) is 5.66. The molecular weight excluding hydrogens is 383 g/mol. The fraction of sp³-hybridized carbons (Fsp3) is 0.375. The van der Waals surface area contributed by atoms with E-state index in [1.807, 2.05) is 6.92 Å². The lowest BCUT2D eigenvalue weighted by Crippen LogP contribution is -2.43. The van der Waals surface area contributed by atoms with Gasteiger partial charge in [-0.2, -0.15) is 0 Å². The number of benzene rings is 1. The highest BCUT2D eigenvalue weighted by Gasteiger charge is 2.35. The van der Waals surface area contributed by atoms with Gasteiger partial charge in [0.25, 0.3) is 5.91 Å². The summed E-state index contributed by atoms with van der Waals surface area (Å²) in [5, 5.41) is 12.8. The van der Waals surface area contributed by atoms with E-state index in [1.54, 1.807) is 23.1 Å². The van der Waals surface area contributed by atoms with Gasteiger partial charge in [-0.3, -0.25) is 14.9 Å². The highest BCUT2D eigenvalue weighted by molar-refractivity contribution is 7.15. The number of nitrogens with one attached hydrogen (secondary N) is 1. The number of hydrogen-bond donors (Lipinski definition) is 1. The molecule has 0 unspecified atom stereocenters. The Labute approximate surface area is 159 Å². The van der Waals surface area contributed by atoms with Crippen molar-refractivity contribution in [3.8, 4) is 0 Å². The number of likely N-dealkylation sites (tertiary alicyclic amines) is 1. The Morgan fingerprint density at radius 2 is 2.00 bits per heavy atom. The molecule has 0 aliphatic carbocycles. The van der Waals surface area contributed by atoms with Crippen molar-refractivity contribution in [2.24, 2.45) is 0 Å². The van der Waals surface area contributed by atoms with E-state index in [9.17, 15) is 9.59 Å². The zero-order chi connectivity index (χ0) is 18.0. The van der Waals surface area contributed by atoms with Gasteiger partial charge >= 0.3 is 0 Å². The van der Waals surface area contributed by atoms with Gasteiger partial charge in [-0.15, -0.1) is 10.2 Å². The van der Waals surface area contributed by atoms with Crippen molar-refractivity contribution in [2.75, 3.05) is 11.9 Å². The zero-order valence-corrected chi connectivity index (χ0v) is 15.8. The second-order valence-corrected chi connectivity index (χ2v) is 7.59. The number of aromatic nitrogens is 2. The van der Waals surface area contributed by atoms with Gasteiger partial charge in [0.2, 0.25) is 11.0 Å². The van der Waals surface area contributed by atoms with Crippen molar-refractivity contribution in [2.45, 2.75) is 32.2 Å². The average Bonchev–Trinajstić information content (AvgIpc) is 3.22. The first-order valence-corrected chi connectivity index (χ1v) is 9.45. The van der Waals surface area contributed by atoms with Crippen molar-refractivity contribution < 1.29 is 9.59 Å². The van der Waals surface area contributed by atoms with E-state index in [-0.39, 0.29) is 11.8 Å². The van der Waals surface area contributed by atoms with Crippen molar-refractivity contribution in [3.63, 3.8) is 0 Å². The Kier molecular flexibility index (Phi) is 5.56. The summed E-state index contributed by atoms with van der Waals surface area (Å²) >= 11 is 13.3. The molecular formula is C16H16Cl2N4O2S. The molecule has 1 aliphatic rings. The minimum atomic E-state index is -0.542. The lowest BCUT2D eigenvalue weighted by Gasteiger charge is -2.23. The molecule has 132 valence electrons. The van der Waals surface area contributed by atoms with Crippen LogP contribution in [0.2, 0.25) is 10.0 Å². The third-order valence-corrected chi connectivity index (χ3v) is 5.34. The van der Waals surface area contributed by atoms with Crippen LogP contribution in [0.3, 0.4) is 0 Å². The quantitative estimate of drug-likeness (QED) is 0.852. The fourth-order valence-corrected chi connectivity index (χ4v) is 3.97. The maximum Gasteiger partial charge on any atom is 0.254 e. The minimum Gasteiger partial charge on any atom is -0.327 e. The maximum absolute atomic E-state index is 12.8. The lowest BCUT2D eigenvalue weighted by molar-refractivity contribution is -0.119. The Morgan fingerprint density at radius 1 is 1.28 bits per heavy atom. The summed E-state index contributed by atoms with van der Waals surface area (Å²) in [6, 6.07) is 4.14. The molecule has 2 amide bonds. The van der Waals surface area contributed by atoms with Crippen LogP contribution in [0.4, 0.5) is 5.13 Å². The van der Waals surface area contributed by atoms with Gasteiger partial charge in [0.05, 0.1) is 0 Å². The summed E-state index contributed by atoms with van der Waals surface area (Å²) in [6.07, 6.45) is 2.12. The SMILES string of the molecule is CCc1nnc(NC(=O)[C@@H]2CCCN2C(=O)c2cc(Cl)cc(Cl)c2)s1. The molecule has 1 fully saturated rings. The van der Waals surface area contributed by atoms with E-state index in [4.69, 9.17) is 23.2 Å². The van der Waals surface area contributed by atoms with E-state index in [0.717, 1.165) is 17.8 Å². The van der Waals surface area contributed by atoms with Crippen LogP contribution in [-0.2, 0) is 11.2 Å². The summed E-state index contributed by atoms with van der Waals surface area (Å²) in [5.41, 5.74) is 0.376. The predicted molar refractivity (Wildman–Crippen MR) is 98.4 cm³/mol. The largest absolute Gasteiger partial charge is 0.327 e. The molecule has 0 spiro atoms. The second kappa shape index (κ2) is 7.68. The van der Waals surface area contributed by atoms with E-state index in [1.165, 1.54) is 11.3 Å². The molecule has 1 saturated heterocycles. The molecule has 0 radical (unpaired) electrons. The summed E-state index contributed by atoms with van der Waals surface area (Å²) in [6.45, 7) is 2.48. The number of halogens is 2. The molecule has 6 nitrogen and oxygen atoms in total. The van der Waals surface area contributed by atoms with E-state index in [0.29, 0.717) is 33.7 Å². The van der Waals surface area contributed by atoms with E-state index in [2.05, 4.69) is 15.5 Å². The Bertz CT molecular complexity index is 791. The first-order chi connectivity index (χ1) is 12.0. The number of rotatable bonds is 4. The van der Waals surface area contributed by atoms with Gasteiger partial charge in [0.1, 0.15) is 11.0 Å². The van der Waals surface area contributed by atoms with Crippen LogP contribution in [0.5, 0.6) is 0 Å². The Morgan fingerprint density at radius 3 is 2.64 bits per heavy atom. The molecule has 2 heterocycles. The Hall–Kier alpha value is -1.70. The van der Waals surface area contributed by atoms with E-state index >= 15 is 0 Å². The monoisotopic (exact) mass is 398 g/mol. The Balaban J connectivity index is 1.75. The highest BCUT2D eigenvalue weighted by atomic mass is 35.5. The van der Waals surface area contributed by atoms with Crippen molar-refractivity contribution >= 4 is 51.5 Å². The number of aryl methyl sites for hydroxylation is 1. The first kappa shape index (κ1) is 18.1. The molecule has 1 atom stereocenters. The highest BCUT2D eigenvalue weighted by Crippen LogP contribution is 2.25. The minimum absolute atomic E-state index is 0.252. The van der Waals surface area contributed by atoms with Gasteiger partial charge in [-0.05, 0) is 37.5 Å². The molecule has 0 bridgehead atoms. The zero-order valence-electron chi connectivity index (χ0n) is 13.5. The number of nitrogens with zero attached hydrogens (tertiary/aromatic N) is 3. The third kappa shape index (κ3) is 4.11. The number of amides is 2. The number of carbonyl (C=O) groups excluding carboxylic acids is 2. The normalized spacial score (nSPS) is 16.9. The van der Waals surface area contributed by atoms with Crippen molar-refractivity contribution in [1.82, 2.24) is 15.1 Å². The molecule has 1 N–H and O–H groups in total. The maximum atomic E-state index is 12.8. The van der Waals surface area contributed by atoms with Crippen LogP contribution in [0.1, 0.15) is 35.1 Å². The van der Waals surface area contributed by atoms with E-state index < -0.39 is 6.04 Å². The first-order valence-electron chi connectivity index (χ1n) is 7.88. The molecule has 1 aromatic carbocycles. The summed E-state index contributed by atoms with van der Waals surface area (Å²) < 4.78 is 0. The average molecular weight is 399 g/mol. The molecule has 25 heavy (non-hydrogen) atoms. The third-order valence-electron chi connectivity index (χ3n) is 3.93. The fourth-order valence-electron chi connectivity index (χ4n) is 2.76. The molecule has 3 rings (SSSR count). The molecule has 1 aliphatic heterocycles. The van der Waals surface area contributed by atoms with Gasteiger partial charge in [-0.1, -0.05) is 41.5 Å². The van der Waals surface area contributed by atoms with Crippen molar-refractivity contribution in [1.29, 1.82) is 0 Å². The molecule has 0 saturated carbocycles. The topological polar surface area (TPSA) is 75.2 Å². The van der Waals surface area contributed by atoms with Crippen molar-refractivity contribution in [3.05, 3.63) is 38.8 Å². The van der Waals surface area contributed by atoms with Gasteiger partial charge < -0.3 is 4.90 Å². The lowest BCUT2D eigenvalue weighted by atomic mass is 10.1. The van der Waals surface area contributed by atoms with Gasteiger partial charge in [0.15, 0.2) is 0 Å². The summed E-state index contributed by atoms with van der Waals surface area (Å²) in [4.78, 5) is 26.9. The van der Waals surface area contributed by atoms with Gasteiger partial charge in [0, 0.05) is 22.2 Å². The predicted octanol–water partition coefficient (Wildman–Crippen LogP) is 3.65. The summed E-state index contributed by atoms with van der Waals surface area (Å²) in [7, 11) is 0. The number of hydrogen-bond acceptors (Lipinski definition) is 5. The smallest absolute Gasteiger partial charge is 0.254 e. The van der Waals surface area contributed by atoms with Crippen LogP contribution in [0, 0.1) is 0 Å².